The number of rotatable bonds is 7. The van der Waals surface area contributed by atoms with Crippen LogP contribution in [0.3, 0.4) is 0 Å². The summed E-state index contributed by atoms with van der Waals surface area (Å²) < 4.78 is 31.8. The number of carbonyl (C=O) groups is 1. The molecule has 0 saturated carbocycles. The number of nitrogens with one attached hydrogen (secondary N) is 1. The van der Waals surface area contributed by atoms with Crippen molar-refractivity contribution in [2.45, 2.75) is 37.8 Å². The van der Waals surface area contributed by atoms with Gasteiger partial charge in [0.15, 0.2) is 6.10 Å². The fourth-order valence-electron chi connectivity index (χ4n) is 2.26. The normalized spacial score (nSPS) is 12.5. The van der Waals surface area contributed by atoms with Crippen LogP contribution >= 0.6 is 0 Å². The molecule has 8 heteroatoms. The van der Waals surface area contributed by atoms with E-state index in [0.29, 0.717) is 17.0 Å². The Morgan fingerprint density at radius 3 is 2.14 bits per heavy atom. The predicted octanol–water partition coefficient (Wildman–Crippen LogP) is 2.99. The van der Waals surface area contributed by atoms with Gasteiger partial charge in [-0.15, -0.1) is 0 Å². The van der Waals surface area contributed by atoms with Crippen LogP contribution in [0, 0.1) is 11.3 Å². The van der Waals surface area contributed by atoms with Gasteiger partial charge in [0.2, 0.25) is 10.0 Å². The summed E-state index contributed by atoms with van der Waals surface area (Å²) in [6, 6.07) is 14.3. The number of hydrogen-bond donors (Lipinski definition) is 1. The first-order valence-corrected chi connectivity index (χ1v) is 10.1. The van der Waals surface area contributed by atoms with Gasteiger partial charge in [-0.3, -0.25) is 4.79 Å². The standard InChI is InChI=1S/C20H23N3O4S/c1-14(2)23(4)28(25,26)19-11-7-17(8-12-19)22-20(24)15(3)27-18-9-5-16(13-21)6-10-18/h5-12,14-15H,1-4H3,(H,22,24)/t15-/m1/s1. The van der Waals surface area contributed by atoms with Gasteiger partial charge < -0.3 is 10.1 Å². The summed E-state index contributed by atoms with van der Waals surface area (Å²) in [4.78, 5) is 12.5. The van der Waals surface area contributed by atoms with E-state index in [1.165, 1.54) is 35.6 Å². The molecule has 2 rings (SSSR count). The molecule has 1 atom stereocenters. The lowest BCUT2D eigenvalue weighted by atomic mass is 10.2. The highest BCUT2D eigenvalue weighted by Crippen LogP contribution is 2.20. The van der Waals surface area contributed by atoms with Gasteiger partial charge in [0, 0.05) is 18.8 Å². The second-order valence-corrected chi connectivity index (χ2v) is 8.52. The molecule has 2 aromatic rings. The van der Waals surface area contributed by atoms with Crippen molar-refractivity contribution in [2.24, 2.45) is 0 Å². The number of anilines is 1. The van der Waals surface area contributed by atoms with Crippen LogP contribution < -0.4 is 10.1 Å². The van der Waals surface area contributed by atoms with E-state index < -0.39 is 16.1 Å². The lowest BCUT2D eigenvalue weighted by Gasteiger charge is -2.21. The SMILES string of the molecule is CC(C)N(C)S(=O)(=O)c1ccc(NC(=O)[C@@H](C)Oc2ccc(C#N)cc2)cc1. The number of amides is 1. The molecule has 0 aromatic heterocycles. The molecule has 0 heterocycles. The first kappa shape index (κ1) is 21.4. The smallest absolute Gasteiger partial charge is 0.265 e. The highest BCUT2D eigenvalue weighted by Gasteiger charge is 2.23. The molecule has 0 aliphatic carbocycles. The van der Waals surface area contributed by atoms with E-state index in [1.54, 1.807) is 45.0 Å². The monoisotopic (exact) mass is 401 g/mol. The quantitative estimate of drug-likeness (QED) is 0.769. The second kappa shape index (κ2) is 8.87. The predicted molar refractivity (Wildman–Crippen MR) is 106 cm³/mol. The minimum atomic E-state index is -3.57. The largest absolute Gasteiger partial charge is 0.481 e. The number of nitrogens with zero attached hydrogens (tertiary/aromatic N) is 2. The zero-order valence-corrected chi connectivity index (χ0v) is 17.0. The number of hydrogen-bond acceptors (Lipinski definition) is 5. The van der Waals surface area contributed by atoms with Crippen LogP contribution in [0.15, 0.2) is 53.4 Å². The van der Waals surface area contributed by atoms with E-state index in [0.717, 1.165) is 0 Å². The molecule has 0 aliphatic rings. The van der Waals surface area contributed by atoms with Gasteiger partial charge in [-0.1, -0.05) is 0 Å². The van der Waals surface area contributed by atoms with Crippen LogP contribution in [0.5, 0.6) is 5.75 Å². The summed E-state index contributed by atoms with van der Waals surface area (Å²) in [5.74, 6) is 0.0964. The van der Waals surface area contributed by atoms with Gasteiger partial charge >= 0.3 is 0 Å². The Morgan fingerprint density at radius 1 is 1.07 bits per heavy atom. The molecule has 0 aliphatic heterocycles. The Morgan fingerprint density at radius 2 is 1.64 bits per heavy atom. The number of ether oxygens (including phenoxy) is 1. The van der Waals surface area contributed by atoms with Crippen LogP contribution in [-0.4, -0.2) is 37.8 Å². The highest BCUT2D eigenvalue weighted by molar-refractivity contribution is 7.89. The molecule has 2 aromatic carbocycles. The molecule has 148 valence electrons. The van der Waals surface area contributed by atoms with E-state index in [2.05, 4.69) is 5.32 Å². The molecule has 0 bridgehead atoms. The summed E-state index contributed by atoms with van der Waals surface area (Å²) in [6.07, 6.45) is -0.775. The summed E-state index contributed by atoms with van der Waals surface area (Å²) >= 11 is 0. The average molecular weight is 401 g/mol. The van der Waals surface area contributed by atoms with Crippen molar-refractivity contribution < 1.29 is 17.9 Å². The fourth-order valence-corrected chi connectivity index (χ4v) is 3.63. The Kier molecular flexibility index (Phi) is 6.78. The van der Waals surface area contributed by atoms with Crippen molar-refractivity contribution in [1.82, 2.24) is 4.31 Å². The summed E-state index contributed by atoms with van der Waals surface area (Å²) in [5, 5.41) is 11.5. The average Bonchev–Trinajstić information content (AvgIpc) is 2.68. The van der Waals surface area contributed by atoms with Crippen molar-refractivity contribution >= 4 is 21.6 Å². The van der Waals surface area contributed by atoms with Crippen molar-refractivity contribution in [3.63, 3.8) is 0 Å². The molecule has 0 saturated heterocycles. The van der Waals surface area contributed by atoms with Gasteiger partial charge in [-0.05, 0) is 69.3 Å². The topological polar surface area (TPSA) is 99.5 Å². The van der Waals surface area contributed by atoms with Gasteiger partial charge in [0.25, 0.3) is 5.91 Å². The Bertz CT molecular complexity index is 962. The van der Waals surface area contributed by atoms with Crippen LogP contribution in [-0.2, 0) is 14.8 Å². The van der Waals surface area contributed by atoms with E-state index in [4.69, 9.17) is 10.00 Å². The molecule has 0 radical (unpaired) electrons. The highest BCUT2D eigenvalue weighted by atomic mass is 32.2. The minimum Gasteiger partial charge on any atom is -0.481 e. The Balaban J connectivity index is 2.02. The third kappa shape index (κ3) is 5.09. The lowest BCUT2D eigenvalue weighted by Crippen LogP contribution is -2.33. The molecule has 0 spiro atoms. The summed E-state index contributed by atoms with van der Waals surface area (Å²) in [6.45, 7) is 5.19. The van der Waals surface area contributed by atoms with Crippen molar-refractivity contribution in [1.29, 1.82) is 5.26 Å². The maximum atomic E-state index is 12.5. The van der Waals surface area contributed by atoms with Gasteiger partial charge in [0.05, 0.1) is 16.5 Å². The molecule has 1 N–H and O–H groups in total. The van der Waals surface area contributed by atoms with Gasteiger partial charge in [-0.25, -0.2) is 8.42 Å². The zero-order valence-electron chi connectivity index (χ0n) is 16.2. The summed E-state index contributed by atoms with van der Waals surface area (Å²) in [7, 11) is -2.05. The number of benzene rings is 2. The maximum Gasteiger partial charge on any atom is 0.265 e. The van der Waals surface area contributed by atoms with Gasteiger partial charge in [-0.2, -0.15) is 9.57 Å². The zero-order chi connectivity index (χ0) is 20.9. The molecular formula is C20H23N3O4S. The van der Waals surface area contributed by atoms with E-state index in [-0.39, 0.29) is 16.8 Å². The van der Waals surface area contributed by atoms with Crippen molar-refractivity contribution in [3.05, 3.63) is 54.1 Å². The van der Waals surface area contributed by atoms with E-state index >= 15 is 0 Å². The second-order valence-electron chi connectivity index (χ2n) is 6.52. The van der Waals surface area contributed by atoms with Gasteiger partial charge in [0.1, 0.15) is 5.75 Å². The maximum absolute atomic E-state index is 12.5. The first-order chi connectivity index (χ1) is 13.1. The number of sulfonamides is 1. The van der Waals surface area contributed by atoms with E-state index in [9.17, 15) is 13.2 Å². The van der Waals surface area contributed by atoms with Crippen LogP contribution in [0.25, 0.3) is 0 Å². The Hall–Kier alpha value is -2.89. The molecule has 0 fully saturated rings. The minimum absolute atomic E-state index is 0.156. The Labute approximate surface area is 165 Å². The molecule has 7 nitrogen and oxygen atoms in total. The third-order valence-corrected chi connectivity index (χ3v) is 6.24. The molecule has 0 unspecified atom stereocenters. The van der Waals surface area contributed by atoms with Crippen LogP contribution in [0.1, 0.15) is 26.3 Å². The fraction of sp³-hybridized carbons (Fsp3) is 0.300. The summed E-state index contributed by atoms with van der Waals surface area (Å²) in [5.41, 5.74) is 0.967. The third-order valence-electron chi connectivity index (χ3n) is 4.19. The van der Waals surface area contributed by atoms with Crippen LogP contribution in [0.2, 0.25) is 0 Å². The van der Waals surface area contributed by atoms with Crippen molar-refractivity contribution in [2.75, 3.05) is 12.4 Å². The molecular weight excluding hydrogens is 378 g/mol. The molecule has 1 amide bonds. The number of carbonyl (C=O) groups excluding carboxylic acids is 1. The van der Waals surface area contributed by atoms with Crippen LogP contribution in [0.4, 0.5) is 5.69 Å². The first-order valence-electron chi connectivity index (χ1n) is 8.71. The van der Waals surface area contributed by atoms with E-state index in [1.807, 2.05) is 6.07 Å². The lowest BCUT2D eigenvalue weighted by molar-refractivity contribution is -0.122. The van der Waals surface area contributed by atoms with Crippen molar-refractivity contribution in [3.8, 4) is 11.8 Å². The molecule has 28 heavy (non-hydrogen) atoms. The number of nitriles is 1.